The second kappa shape index (κ2) is 6.12. The zero-order chi connectivity index (χ0) is 17.6. The quantitative estimate of drug-likeness (QED) is 0.845. The van der Waals surface area contributed by atoms with E-state index in [4.69, 9.17) is 5.10 Å². The number of carbonyl (C=O) groups is 2. The summed E-state index contributed by atoms with van der Waals surface area (Å²) in [6, 6.07) is -0.269. The topological polar surface area (TPSA) is 70.5 Å². The highest BCUT2D eigenvalue weighted by Gasteiger charge is 2.50. The third kappa shape index (κ3) is 2.84. The Kier molecular flexibility index (Phi) is 4.06. The Morgan fingerprint density at radius 1 is 1.20 bits per heavy atom. The van der Waals surface area contributed by atoms with Crippen molar-refractivity contribution in [2.24, 2.45) is 7.05 Å². The van der Waals surface area contributed by atoms with Gasteiger partial charge in [-0.05, 0) is 25.7 Å². The largest absolute Gasteiger partial charge is 0.324 e. The molecule has 0 bridgehead atoms. The summed E-state index contributed by atoms with van der Waals surface area (Å²) in [7, 11) is 3.55. The number of amides is 3. The molecule has 2 aliphatic heterocycles. The summed E-state index contributed by atoms with van der Waals surface area (Å²) < 4.78 is 1.93. The number of piperidine rings is 1. The Bertz CT molecular complexity index is 684. The summed E-state index contributed by atoms with van der Waals surface area (Å²) in [4.78, 5) is 27.8. The third-order valence-electron chi connectivity index (χ3n) is 6.15. The van der Waals surface area contributed by atoms with Crippen LogP contribution in [-0.2, 0) is 18.4 Å². The number of likely N-dealkylation sites (tertiary alicyclic amines) is 1. The average molecular weight is 345 g/mol. The molecule has 0 radical (unpaired) electrons. The van der Waals surface area contributed by atoms with Gasteiger partial charge in [-0.15, -0.1) is 0 Å². The predicted octanol–water partition coefficient (Wildman–Crippen LogP) is 1.59. The summed E-state index contributed by atoms with van der Waals surface area (Å²) in [6.07, 6.45) is 8.63. The molecule has 1 aromatic rings. The fraction of sp³-hybridized carbons (Fsp3) is 0.722. The van der Waals surface area contributed by atoms with Crippen LogP contribution in [0.1, 0.15) is 55.7 Å². The lowest BCUT2D eigenvalue weighted by molar-refractivity contribution is -0.132. The van der Waals surface area contributed by atoms with Gasteiger partial charge in [-0.25, -0.2) is 4.79 Å². The van der Waals surface area contributed by atoms with E-state index in [1.165, 1.54) is 41.8 Å². The maximum Gasteiger partial charge on any atom is 0.324 e. The van der Waals surface area contributed by atoms with Crippen molar-refractivity contribution in [3.63, 3.8) is 0 Å². The highest BCUT2D eigenvalue weighted by atomic mass is 16.2. The van der Waals surface area contributed by atoms with Gasteiger partial charge in [-0.2, -0.15) is 5.10 Å². The second-order valence-electron chi connectivity index (χ2n) is 7.85. The first kappa shape index (κ1) is 16.6. The van der Waals surface area contributed by atoms with E-state index in [9.17, 15) is 9.59 Å². The zero-order valence-electron chi connectivity index (χ0n) is 15.1. The van der Waals surface area contributed by atoms with Gasteiger partial charge < -0.3 is 5.32 Å². The van der Waals surface area contributed by atoms with Gasteiger partial charge in [-0.1, -0.05) is 12.8 Å². The minimum Gasteiger partial charge on any atom is -0.323 e. The normalized spacial score (nSPS) is 24.5. The lowest BCUT2D eigenvalue weighted by Crippen LogP contribution is -2.54. The van der Waals surface area contributed by atoms with Gasteiger partial charge >= 0.3 is 6.03 Å². The first-order valence-corrected chi connectivity index (χ1v) is 9.33. The van der Waals surface area contributed by atoms with Gasteiger partial charge in [0, 0.05) is 51.4 Å². The van der Waals surface area contributed by atoms with Crippen LogP contribution in [0.5, 0.6) is 0 Å². The molecule has 3 heterocycles. The summed E-state index contributed by atoms with van der Waals surface area (Å²) in [6.45, 7) is 2.52. The monoisotopic (exact) mass is 345 g/mol. The van der Waals surface area contributed by atoms with Gasteiger partial charge in [0.1, 0.15) is 5.54 Å². The second-order valence-corrected chi connectivity index (χ2v) is 7.85. The molecule has 3 aliphatic rings. The Labute approximate surface area is 148 Å². The van der Waals surface area contributed by atoms with Crippen molar-refractivity contribution in [3.05, 3.63) is 17.5 Å². The van der Waals surface area contributed by atoms with Crippen LogP contribution in [0.25, 0.3) is 0 Å². The number of imide groups is 1. The fourth-order valence-electron chi connectivity index (χ4n) is 4.65. The number of aryl methyl sites for hydroxylation is 1. The molecule has 2 saturated heterocycles. The predicted molar refractivity (Wildman–Crippen MR) is 93.0 cm³/mol. The molecule has 0 atom stereocenters. The lowest BCUT2D eigenvalue weighted by atomic mass is 9.87. The molecule has 7 nitrogen and oxygen atoms in total. The van der Waals surface area contributed by atoms with Gasteiger partial charge in [0.05, 0.1) is 5.69 Å². The summed E-state index contributed by atoms with van der Waals surface area (Å²) >= 11 is 0. The van der Waals surface area contributed by atoms with E-state index in [0.29, 0.717) is 18.8 Å². The summed E-state index contributed by atoms with van der Waals surface area (Å²) in [5, 5.41) is 7.64. The Morgan fingerprint density at radius 3 is 2.48 bits per heavy atom. The van der Waals surface area contributed by atoms with Gasteiger partial charge in [0.15, 0.2) is 0 Å². The number of carbonyl (C=O) groups excluding carboxylic acids is 2. The standard InChI is InChI=1S/C18H27N5O2/c1-21-11-14(15(20-21)13-5-3-4-6-13)12-23-9-7-18(8-10-23)16(24)22(2)17(25)19-18/h11,13H,3-10,12H2,1-2H3,(H,19,25). The number of nitrogens with zero attached hydrogens (tertiary/aromatic N) is 4. The van der Waals surface area contributed by atoms with E-state index in [-0.39, 0.29) is 11.9 Å². The van der Waals surface area contributed by atoms with Crippen molar-refractivity contribution in [1.82, 2.24) is 24.9 Å². The molecule has 1 N–H and O–H groups in total. The molecule has 7 heteroatoms. The number of urea groups is 1. The van der Waals surface area contributed by atoms with Gasteiger partial charge in [-0.3, -0.25) is 19.3 Å². The molecule has 25 heavy (non-hydrogen) atoms. The van der Waals surface area contributed by atoms with Crippen molar-refractivity contribution in [2.75, 3.05) is 20.1 Å². The molecule has 3 fully saturated rings. The number of rotatable bonds is 3. The Morgan fingerprint density at radius 2 is 1.88 bits per heavy atom. The van der Waals surface area contributed by atoms with E-state index in [0.717, 1.165) is 19.6 Å². The average Bonchev–Trinajstić information content (AvgIpc) is 3.28. The maximum absolute atomic E-state index is 12.4. The van der Waals surface area contributed by atoms with E-state index in [2.05, 4.69) is 16.4 Å². The van der Waals surface area contributed by atoms with Crippen LogP contribution in [0.4, 0.5) is 4.79 Å². The highest BCUT2D eigenvalue weighted by Crippen LogP contribution is 2.36. The van der Waals surface area contributed by atoms with E-state index < -0.39 is 5.54 Å². The Hall–Kier alpha value is -1.89. The molecule has 1 saturated carbocycles. The number of hydrogen-bond donors (Lipinski definition) is 1. The zero-order valence-corrected chi connectivity index (χ0v) is 15.1. The van der Waals surface area contributed by atoms with Crippen LogP contribution in [0.3, 0.4) is 0 Å². The fourth-order valence-corrected chi connectivity index (χ4v) is 4.65. The smallest absolute Gasteiger partial charge is 0.323 e. The van der Waals surface area contributed by atoms with Crippen LogP contribution in [-0.4, -0.2) is 57.2 Å². The molecular formula is C18H27N5O2. The van der Waals surface area contributed by atoms with Crippen molar-refractivity contribution in [2.45, 2.75) is 56.5 Å². The first-order chi connectivity index (χ1) is 12.0. The third-order valence-corrected chi connectivity index (χ3v) is 6.15. The van der Waals surface area contributed by atoms with Gasteiger partial charge in [0.2, 0.25) is 0 Å². The van der Waals surface area contributed by atoms with Crippen LogP contribution in [0.2, 0.25) is 0 Å². The molecule has 3 amide bonds. The van der Waals surface area contributed by atoms with Crippen LogP contribution >= 0.6 is 0 Å². The summed E-state index contributed by atoms with van der Waals surface area (Å²) in [5.74, 6) is 0.529. The Balaban J connectivity index is 1.43. The first-order valence-electron chi connectivity index (χ1n) is 9.33. The number of nitrogens with one attached hydrogen (secondary N) is 1. The van der Waals surface area contributed by atoms with Crippen LogP contribution in [0, 0.1) is 0 Å². The minimum atomic E-state index is -0.675. The molecule has 0 unspecified atom stereocenters. The van der Waals surface area contributed by atoms with Crippen molar-refractivity contribution in [1.29, 1.82) is 0 Å². The maximum atomic E-state index is 12.4. The molecule has 0 aromatic carbocycles. The molecule has 1 spiro atoms. The highest BCUT2D eigenvalue weighted by molar-refractivity contribution is 6.06. The van der Waals surface area contributed by atoms with E-state index >= 15 is 0 Å². The lowest BCUT2D eigenvalue weighted by Gasteiger charge is -2.37. The van der Waals surface area contributed by atoms with Crippen LogP contribution < -0.4 is 5.32 Å². The molecule has 136 valence electrons. The number of likely N-dealkylation sites (N-methyl/N-ethyl adjacent to an activating group) is 1. The van der Waals surface area contributed by atoms with Crippen LogP contribution in [0.15, 0.2) is 6.20 Å². The molecule has 1 aliphatic carbocycles. The summed E-state index contributed by atoms with van der Waals surface area (Å²) in [5.41, 5.74) is 1.92. The molecule has 4 rings (SSSR count). The van der Waals surface area contributed by atoms with Gasteiger partial charge in [0.25, 0.3) is 5.91 Å². The minimum absolute atomic E-state index is 0.0785. The number of hydrogen-bond acceptors (Lipinski definition) is 4. The SMILES string of the molecule is CN1C(=O)NC2(CCN(Cc3cn(C)nc3C3CCCC3)CC2)C1=O. The number of aromatic nitrogens is 2. The van der Waals surface area contributed by atoms with E-state index in [1.54, 1.807) is 7.05 Å². The molecule has 1 aromatic heterocycles. The van der Waals surface area contributed by atoms with Crippen molar-refractivity contribution < 1.29 is 9.59 Å². The van der Waals surface area contributed by atoms with Crippen molar-refractivity contribution >= 4 is 11.9 Å². The molecular weight excluding hydrogens is 318 g/mol. The van der Waals surface area contributed by atoms with E-state index in [1.807, 2.05) is 11.7 Å². The van der Waals surface area contributed by atoms with Crippen molar-refractivity contribution in [3.8, 4) is 0 Å².